The maximum atomic E-state index is 12.3. The Balaban J connectivity index is 1.49. The van der Waals surface area contributed by atoms with Crippen LogP contribution in [0.1, 0.15) is 29.2 Å². The lowest BCUT2D eigenvalue weighted by molar-refractivity contribution is -0.142. The smallest absolute Gasteiger partial charge is 0.343 e. The van der Waals surface area contributed by atoms with E-state index in [2.05, 4.69) is 4.57 Å². The number of carbonyl (C=O) groups is 2. The summed E-state index contributed by atoms with van der Waals surface area (Å²) in [5.41, 5.74) is 9.76. The van der Waals surface area contributed by atoms with E-state index in [4.69, 9.17) is 19.9 Å². The van der Waals surface area contributed by atoms with Gasteiger partial charge < -0.3 is 24.5 Å². The highest BCUT2D eigenvalue weighted by Gasteiger charge is 2.34. The van der Waals surface area contributed by atoms with Gasteiger partial charge in [0, 0.05) is 17.6 Å². The summed E-state index contributed by atoms with van der Waals surface area (Å²) in [5.74, 6) is 0.873. The number of nitrogens with zero attached hydrogens (tertiary/aromatic N) is 1. The Bertz CT molecular complexity index is 1380. The molecular formula is C28H26N2O5. The topological polar surface area (TPSA) is 92.8 Å². The van der Waals surface area contributed by atoms with Crippen LogP contribution in [0.3, 0.4) is 0 Å². The fourth-order valence-electron chi connectivity index (χ4n) is 4.77. The highest BCUT2D eigenvalue weighted by atomic mass is 16.6. The molecule has 35 heavy (non-hydrogen) atoms. The number of nitrogens with two attached hydrogens (primary N) is 1. The maximum Gasteiger partial charge on any atom is 0.343 e. The zero-order valence-corrected chi connectivity index (χ0v) is 19.4. The molecule has 1 unspecified atom stereocenters. The Hall–Kier alpha value is -4.26. The molecule has 0 radical (unpaired) electrons. The molecule has 1 aromatic heterocycles. The molecule has 1 aliphatic rings. The van der Waals surface area contributed by atoms with Gasteiger partial charge in [0.25, 0.3) is 0 Å². The van der Waals surface area contributed by atoms with Crippen LogP contribution in [-0.2, 0) is 27.3 Å². The summed E-state index contributed by atoms with van der Waals surface area (Å²) in [4.78, 5) is 24.0. The van der Waals surface area contributed by atoms with Gasteiger partial charge in [-0.25, -0.2) is 4.79 Å². The molecule has 4 aromatic rings. The number of primary amides is 1. The Labute approximate surface area is 203 Å². The fraction of sp³-hybridized carbons (Fsp3) is 0.214. The zero-order valence-electron chi connectivity index (χ0n) is 19.4. The lowest BCUT2D eigenvalue weighted by Crippen LogP contribution is -2.19. The van der Waals surface area contributed by atoms with E-state index in [0.717, 1.165) is 45.6 Å². The highest BCUT2D eigenvalue weighted by molar-refractivity contribution is 5.97. The summed E-state index contributed by atoms with van der Waals surface area (Å²) in [7, 11) is 1.32. The van der Waals surface area contributed by atoms with Crippen molar-refractivity contribution in [1.82, 2.24) is 4.57 Å². The second-order valence-electron chi connectivity index (χ2n) is 8.51. The molecule has 0 aliphatic heterocycles. The van der Waals surface area contributed by atoms with E-state index < -0.39 is 11.9 Å². The Morgan fingerprint density at radius 3 is 2.43 bits per heavy atom. The summed E-state index contributed by atoms with van der Waals surface area (Å²) >= 11 is 0. The van der Waals surface area contributed by atoms with E-state index in [-0.39, 0.29) is 12.5 Å². The normalized spacial score (nSPS) is 14.5. The summed E-state index contributed by atoms with van der Waals surface area (Å²) in [6, 6.07) is 23.3. The highest BCUT2D eigenvalue weighted by Crippen LogP contribution is 2.44. The predicted octanol–water partition coefficient (Wildman–Crippen LogP) is 4.55. The molecule has 0 spiro atoms. The molecule has 1 atom stereocenters. The lowest BCUT2D eigenvalue weighted by Gasteiger charge is -2.12. The van der Waals surface area contributed by atoms with E-state index >= 15 is 0 Å². The van der Waals surface area contributed by atoms with Gasteiger partial charge in [-0.3, -0.25) is 4.79 Å². The molecule has 1 aliphatic carbocycles. The quantitative estimate of drug-likeness (QED) is 0.382. The largest absolute Gasteiger partial charge is 0.481 e. The van der Waals surface area contributed by atoms with E-state index in [9.17, 15) is 9.59 Å². The number of ether oxygens (including phenoxy) is 3. The van der Waals surface area contributed by atoms with E-state index in [1.165, 1.54) is 7.11 Å². The lowest BCUT2D eigenvalue weighted by atomic mass is 9.99. The Kier molecular flexibility index (Phi) is 6.14. The molecule has 0 saturated carbocycles. The molecule has 0 saturated heterocycles. The fourth-order valence-corrected chi connectivity index (χ4v) is 4.77. The zero-order chi connectivity index (χ0) is 24.4. The van der Waals surface area contributed by atoms with E-state index in [1.54, 1.807) is 0 Å². The van der Waals surface area contributed by atoms with Gasteiger partial charge in [0.05, 0.1) is 18.5 Å². The van der Waals surface area contributed by atoms with Crippen LogP contribution >= 0.6 is 0 Å². The van der Waals surface area contributed by atoms with Crippen molar-refractivity contribution < 1.29 is 23.8 Å². The minimum absolute atomic E-state index is 0.209. The first-order valence-electron chi connectivity index (χ1n) is 11.5. The summed E-state index contributed by atoms with van der Waals surface area (Å²) in [6.07, 6.45) is 1.40. The number of hydrogen-bond donors (Lipinski definition) is 1. The van der Waals surface area contributed by atoms with Gasteiger partial charge in [0.1, 0.15) is 17.2 Å². The van der Waals surface area contributed by atoms with Gasteiger partial charge in [0.15, 0.2) is 6.61 Å². The average molecular weight is 471 g/mol. The van der Waals surface area contributed by atoms with Crippen molar-refractivity contribution in [3.63, 3.8) is 0 Å². The Morgan fingerprint density at radius 2 is 1.71 bits per heavy atom. The molecule has 7 heteroatoms. The monoisotopic (exact) mass is 470 g/mol. The number of rotatable bonds is 8. The minimum Gasteiger partial charge on any atom is -0.481 e. The number of benzene rings is 3. The number of fused-ring (bicyclic) bond motifs is 3. The SMILES string of the molecule is COC(=O)COc1cccc2c1c1c(n2Cc2ccc(Oc3ccccc3)cc2)CCC1C(N)=O. The second kappa shape index (κ2) is 9.54. The van der Waals surface area contributed by atoms with Crippen molar-refractivity contribution in [2.45, 2.75) is 25.3 Å². The number of hydrogen-bond acceptors (Lipinski definition) is 5. The molecule has 5 rings (SSSR count). The van der Waals surface area contributed by atoms with Gasteiger partial charge in [-0.15, -0.1) is 0 Å². The first-order chi connectivity index (χ1) is 17.0. The number of aromatic nitrogens is 1. The first-order valence-corrected chi connectivity index (χ1v) is 11.5. The molecule has 0 bridgehead atoms. The number of para-hydroxylation sites is 1. The van der Waals surface area contributed by atoms with Crippen molar-refractivity contribution in [2.24, 2.45) is 5.73 Å². The van der Waals surface area contributed by atoms with Crippen LogP contribution in [0, 0.1) is 0 Å². The molecule has 3 aromatic carbocycles. The van der Waals surface area contributed by atoms with Crippen LogP contribution in [0.4, 0.5) is 0 Å². The van der Waals surface area contributed by atoms with Gasteiger partial charge >= 0.3 is 5.97 Å². The van der Waals surface area contributed by atoms with E-state index in [0.29, 0.717) is 18.7 Å². The third kappa shape index (κ3) is 4.45. The third-order valence-electron chi connectivity index (χ3n) is 6.38. The van der Waals surface area contributed by atoms with Crippen molar-refractivity contribution in [3.8, 4) is 17.2 Å². The van der Waals surface area contributed by atoms with Gasteiger partial charge in [0.2, 0.25) is 5.91 Å². The Morgan fingerprint density at radius 1 is 0.971 bits per heavy atom. The molecule has 1 heterocycles. The predicted molar refractivity (Wildman–Crippen MR) is 132 cm³/mol. The van der Waals surface area contributed by atoms with Crippen LogP contribution in [-0.4, -0.2) is 30.2 Å². The molecule has 178 valence electrons. The van der Waals surface area contributed by atoms with Crippen LogP contribution in [0.2, 0.25) is 0 Å². The number of carbonyl (C=O) groups excluding carboxylic acids is 2. The van der Waals surface area contributed by atoms with Crippen LogP contribution in [0.5, 0.6) is 17.2 Å². The summed E-state index contributed by atoms with van der Waals surface area (Å²) in [6.45, 7) is 0.406. The first kappa shape index (κ1) is 22.5. The van der Waals surface area contributed by atoms with E-state index in [1.807, 2.05) is 72.8 Å². The van der Waals surface area contributed by atoms with Crippen LogP contribution in [0.15, 0.2) is 72.8 Å². The van der Waals surface area contributed by atoms with Crippen molar-refractivity contribution in [1.29, 1.82) is 0 Å². The summed E-state index contributed by atoms with van der Waals surface area (Å²) < 4.78 is 18.6. The van der Waals surface area contributed by atoms with Gasteiger partial charge in [-0.05, 0) is 60.4 Å². The number of methoxy groups -OCH3 is 1. The van der Waals surface area contributed by atoms with Crippen molar-refractivity contribution in [2.75, 3.05) is 13.7 Å². The molecule has 1 amide bonds. The van der Waals surface area contributed by atoms with Crippen molar-refractivity contribution >= 4 is 22.8 Å². The van der Waals surface area contributed by atoms with Gasteiger partial charge in [-0.1, -0.05) is 36.4 Å². The van der Waals surface area contributed by atoms with Crippen molar-refractivity contribution in [3.05, 3.63) is 89.6 Å². The average Bonchev–Trinajstić information content (AvgIpc) is 3.44. The number of esters is 1. The third-order valence-corrected chi connectivity index (χ3v) is 6.38. The van der Waals surface area contributed by atoms with Crippen LogP contribution < -0.4 is 15.2 Å². The second-order valence-corrected chi connectivity index (χ2v) is 8.51. The maximum absolute atomic E-state index is 12.3. The number of amides is 1. The standard InChI is InChI=1S/C28H26N2O5/c1-33-25(31)17-34-24-9-5-8-22-27(24)26-21(28(29)32)14-15-23(26)30(22)16-18-10-12-20(13-11-18)35-19-6-3-2-4-7-19/h2-13,21H,14-17H2,1H3,(H2,29,32). The van der Waals surface area contributed by atoms with Crippen LogP contribution in [0.25, 0.3) is 10.9 Å². The molecule has 0 fully saturated rings. The molecule has 7 nitrogen and oxygen atoms in total. The molecule has 2 N–H and O–H groups in total. The molecular weight excluding hydrogens is 444 g/mol. The van der Waals surface area contributed by atoms with Gasteiger partial charge in [-0.2, -0.15) is 0 Å². The summed E-state index contributed by atoms with van der Waals surface area (Å²) in [5, 5.41) is 0.830. The minimum atomic E-state index is -0.470.